The lowest BCUT2D eigenvalue weighted by Crippen LogP contribution is -2.65. The van der Waals surface area contributed by atoms with Crippen LogP contribution in [0, 0.1) is 58.2 Å². The molecule has 13 heteroatoms. The minimum atomic E-state index is -1.76. The molecule has 0 unspecified atom stereocenters. The molecule has 54 heavy (non-hydrogen) atoms. The predicted molar refractivity (Wildman–Crippen MR) is 193 cm³/mol. The van der Waals surface area contributed by atoms with Gasteiger partial charge in [0.15, 0.2) is 18.7 Å². The molecule has 7 rings (SSSR count). The first-order chi connectivity index (χ1) is 25.8. The molecule has 0 bridgehead atoms. The van der Waals surface area contributed by atoms with Crippen LogP contribution >= 0.6 is 0 Å². The molecule has 0 aromatic heterocycles. The van der Waals surface area contributed by atoms with Crippen molar-refractivity contribution < 1.29 is 64.2 Å². The van der Waals surface area contributed by atoms with Gasteiger partial charge >= 0.3 is 5.97 Å². The second-order valence-corrected chi connectivity index (χ2v) is 18.5. The zero-order valence-corrected chi connectivity index (χ0v) is 32.4. The number of hydrogen-bond acceptors (Lipinski definition) is 13. The van der Waals surface area contributed by atoms with Crippen LogP contribution < -0.4 is 0 Å². The Morgan fingerprint density at radius 1 is 0.815 bits per heavy atom. The van der Waals surface area contributed by atoms with E-state index >= 15 is 0 Å². The number of fused-ring (bicyclic) bond motifs is 5. The van der Waals surface area contributed by atoms with E-state index in [1.165, 1.54) is 26.2 Å². The fourth-order valence-corrected chi connectivity index (χ4v) is 12.5. The molecule has 2 aliphatic heterocycles. The van der Waals surface area contributed by atoms with E-state index in [0.717, 1.165) is 56.8 Å². The molecule has 7 N–H and O–H groups in total. The van der Waals surface area contributed by atoms with Gasteiger partial charge in [-0.2, -0.15) is 0 Å². The number of esters is 1. The third-order valence-corrected chi connectivity index (χ3v) is 15.7. The smallest absolute Gasteiger partial charge is 0.303 e. The molecule has 5 saturated carbocycles. The average Bonchev–Trinajstić information content (AvgIpc) is 3.72. The first-order valence-corrected chi connectivity index (χ1v) is 20.8. The van der Waals surface area contributed by atoms with Crippen LogP contribution in [0.3, 0.4) is 0 Å². The number of aliphatic hydroxyl groups is 7. The van der Waals surface area contributed by atoms with Crippen molar-refractivity contribution in [1.82, 2.24) is 0 Å². The standard InChI is InChI=1S/C41H66O13/c1-20(5-6-23-15-21(23)2)27-9-10-29-26-8-7-24-16-25(11-13-40(24,4)28(26)12-14-41(27,29)19-44)51-39-37(50-22(3)45)36(33(47)31(18-43)53-39)54-38-35(49)34(48)32(46)30(17-42)52-38/h5-6,20-21,23-39,42-44,46-49H,7-19H2,1-4H3/b6-5+/t20-,21+,23+,24+,25+,26-,27-,28+,29+,30-,31-,32-,33+,34+,35-,36+,37-,38+,39-,40+,41+/m1/s1. The molecule has 0 aromatic carbocycles. The molecule has 2 saturated heterocycles. The Balaban J connectivity index is 1.03. The van der Waals surface area contributed by atoms with E-state index < -0.39 is 80.6 Å². The Bertz CT molecular complexity index is 1330. The lowest BCUT2D eigenvalue weighted by atomic mass is 9.44. The molecule has 13 nitrogen and oxygen atoms in total. The van der Waals surface area contributed by atoms with E-state index in [1.54, 1.807) is 0 Å². The number of allylic oxidation sites excluding steroid dienone is 2. The van der Waals surface area contributed by atoms with Gasteiger partial charge in [-0.1, -0.05) is 32.9 Å². The van der Waals surface area contributed by atoms with Gasteiger partial charge in [-0.3, -0.25) is 4.79 Å². The minimum absolute atomic E-state index is 0.00429. The molecule has 0 radical (unpaired) electrons. The summed E-state index contributed by atoms with van der Waals surface area (Å²) in [6, 6.07) is 0. The van der Waals surface area contributed by atoms with Crippen LogP contribution in [0.2, 0.25) is 0 Å². The number of ether oxygens (including phenoxy) is 5. The van der Waals surface area contributed by atoms with E-state index in [0.29, 0.717) is 35.5 Å². The zero-order chi connectivity index (χ0) is 38.7. The second kappa shape index (κ2) is 16.2. The molecule has 5 aliphatic carbocycles. The molecular weight excluding hydrogens is 700 g/mol. The Labute approximate surface area is 319 Å². The van der Waals surface area contributed by atoms with Crippen molar-refractivity contribution >= 4 is 5.97 Å². The van der Waals surface area contributed by atoms with Crippen molar-refractivity contribution in [2.24, 2.45) is 58.2 Å². The average molecular weight is 767 g/mol. The van der Waals surface area contributed by atoms with Crippen LogP contribution in [-0.4, -0.2) is 129 Å². The SMILES string of the molecule is CC(=O)O[C@H]1[C@H](O[C@H]2CC[C@@]3(C)[C@@H](CC[C@@H]4[C@@H]3CC[C@]3(CO)[C@@H]([C@H](C)/C=C/[C@H]5C[C@@H]5C)CC[C@@H]43)C2)O[C@H](CO)[C@H](O)[C@@H]1O[C@@H]1O[C@H](CO)[C@@H](O)[C@H](O)[C@H]1O. The van der Waals surface area contributed by atoms with Crippen molar-refractivity contribution in [3.63, 3.8) is 0 Å². The van der Waals surface area contributed by atoms with E-state index in [-0.39, 0.29) is 23.5 Å². The highest BCUT2D eigenvalue weighted by molar-refractivity contribution is 5.66. The summed E-state index contributed by atoms with van der Waals surface area (Å²) < 4.78 is 29.8. The normalized spacial score (nSPS) is 52.3. The van der Waals surface area contributed by atoms with Gasteiger partial charge in [0.2, 0.25) is 0 Å². The van der Waals surface area contributed by atoms with Gasteiger partial charge < -0.3 is 59.4 Å². The predicted octanol–water partition coefficient (Wildman–Crippen LogP) is 2.05. The summed E-state index contributed by atoms with van der Waals surface area (Å²) in [6.07, 6.45) is 0.461. The van der Waals surface area contributed by atoms with Gasteiger partial charge in [-0.15, -0.1) is 0 Å². The van der Waals surface area contributed by atoms with Crippen molar-refractivity contribution in [3.8, 4) is 0 Å². The maximum Gasteiger partial charge on any atom is 0.303 e. The maximum atomic E-state index is 12.4. The number of carbonyl (C=O) groups is 1. The maximum absolute atomic E-state index is 12.4. The van der Waals surface area contributed by atoms with Gasteiger partial charge in [-0.25, -0.2) is 0 Å². The fourth-order valence-electron chi connectivity index (χ4n) is 12.5. The van der Waals surface area contributed by atoms with E-state index in [1.807, 2.05) is 0 Å². The second-order valence-electron chi connectivity index (χ2n) is 18.5. The van der Waals surface area contributed by atoms with Gasteiger partial charge in [0.25, 0.3) is 0 Å². The molecule has 308 valence electrons. The van der Waals surface area contributed by atoms with E-state index in [4.69, 9.17) is 23.7 Å². The molecule has 7 fully saturated rings. The lowest BCUT2D eigenvalue weighted by molar-refractivity contribution is -0.365. The Kier molecular flexibility index (Phi) is 12.3. The van der Waals surface area contributed by atoms with E-state index in [9.17, 15) is 40.5 Å². The Morgan fingerprint density at radius 3 is 2.19 bits per heavy atom. The van der Waals surface area contributed by atoms with Crippen LogP contribution in [0.15, 0.2) is 12.2 Å². The summed E-state index contributed by atoms with van der Waals surface area (Å²) in [4.78, 5) is 12.4. The summed E-state index contributed by atoms with van der Waals surface area (Å²) in [5.41, 5.74) is 0.118. The molecule has 0 aromatic rings. The molecule has 0 spiro atoms. The molecule has 2 heterocycles. The number of rotatable bonds is 11. The molecule has 21 atom stereocenters. The quantitative estimate of drug-likeness (QED) is 0.0916. The first kappa shape index (κ1) is 40.9. The van der Waals surface area contributed by atoms with Crippen molar-refractivity contribution in [2.75, 3.05) is 19.8 Å². The van der Waals surface area contributed by atoms with Crippen LogP contribution in [0.1, 0.15) is 91.9 Å². The first-order valence-electron chi connectivity index (χ1n) is 20.8. The summed E-state index contributed by atoms with van der Waals surface area (Å²) in [7, 11) is 0. The Morgan fingerprint density at radius 2 is 1.52 bits per heavy atom. The Hall–Kier alpha value is -1.23. The fraction of sp³-hybridized carbons (Fsp3) is 0.927. The van der Waals surface area contributed by atoms with Crippen LogP contribution in [-0.2, 0) is 28.5 Å². The van der Waals surface area contributed by atoms with Crippen LogP contribution in [0.5, 0.6) is 0 Å². The number of carbonyl (C=O) groups excluding carboxylic acids is 1. The highest BCUT2D eigenvalue weighted by Gasteiger charge is 2.62. The minimum Gasteiger partial charge on any atom is -0.454 e. The third-order valence-electron chi connectivity index (χ3n) is 15.7. The van der Waals surface area contributed by atoms with Crippen LogP contribution in [0.25, 0.3) is 0 Å². The van der Waals surface area contributed by atoms with Gasteiger partial charge in [0.1, 0.15) is 42.7 Å². The number of hydrogen-bond donors (Lipinski definition) is 7. The molecule has 0 amide bonds. The highest BCUT2D eigenvalue weighted by Crippen LogP contribution is 2.68. The van der Waals surface area contributed by atoms with Crippen molar-refractivity contribution in [2.45, 2.75) is 159 Å². The highest BCUT2D eigenvalue weighted by atomic mass is 16.7. The van der Waals surface area contributed by atoms with E-state index in [2.05, 4.69) is 32.9 Å². The summed E-state index contributed by atoms with van der Waals surface area (Å²) >= 11 is 0. The monoisotopic (exact) mass is 766 g/mol. The summed E-state index contributed by atoms with van der Waals surface area (Å²) in [5.74, 6) is 3.92. The van der Waals surface area contributed by atoms with Gasteiger partial charge in [0, 0.05) is 13.5 Å². The largest absolute Gasteiger partial charge is 0.454 e. The third kappa shape index (κ3) is 7.35. The summed E-state index contributed by atoms with van der Waals surface area (Å²) in [5, 5.41) is 73.5. The molecular formula is C41H66O13. The van der Waals surface area contributed by atoms with Gasteiger partial charge in [-0.05, 0) is 122 Å². The molecule has 7 aliphatic rings. The van der Waals surface area contributed by atoms with Crippen molar-refractivity contribution in [1.29, 1.82) is 0 Å². The topological polar surface area (TPSA) is 205 Å². The lowest BCUT2D eigenvalue weighted by Gasteiger charge is -2.61. The summed E-state index contributed by atoms with van der Waals surface area (Å²) in [6.45, 7) is 7.34. The van der Waals surface area contributed by atoms with Crippen molar-refractivity contribution in [3.05, 3.63) is 12.2 Å². The zero-order valence-electron chi connectivity index (χ0n) is 32.4. The van der Waals surface area contributed by atoms with Crippen LogP contribution in [0.4, 0.5) is 0 Å². The van der Waals surface area contributed by atoms with Gasteiger partial charge in [0.05, 0.1) is 19.3 Å². The number of aliphatic hydroxyl groups excluding tert-OH is 7.